The van der Waals surface area contributed by atoms with E-state index < -0.39 is 5.97 Å². The summed E-state index contributed by atoms with van der Waals surface area (Å²) in [5.74, 6) is -0.961. The standard InChI is InChI=1S/C10H18O2/c1-4-5-6-8(2)7-9(3)10(11)12/h6,9H,4-5,7H2,1-3H3,(H,11,12). The summed E-state index contributed by atoms with van der Waals surface area (Å²) in [5, 5.41) is 8.63. The maximum absolute atomic E-state index is 10.5. The molecule has 0 aromatic carbocycles. The van der Waals surface area contributed by atoms with Crippen molar-refractivity contribution in [3.8, 4) is 0 Å². The first-order chi connectivity index (χ1) is 5.57. The van der Waals surface area contributed by atoms with Gasteiger partial charge in [-0.25, -0.2) is 0 Å². The van der Waals surface area contributed by atoms with Gasteiger partial charge in [-0.15, -0.1) is 0 Å². The van der Waals surface area contributed by atoms with Gasteiger partial charge in [-0.2, -0.15) is 0 Å². The van der Waals surface area contributed by atoms with Crippen molar-refractivity contribution in [3.63, 3.8) is 0 Å². The molecule has 2 nitrogen and oxygen atoms in total. The highest BCUT2D eigenvalue weighted by molar-refractivity contribution is 5.69. The second-order valence-corrected chi connectivity index (χ2v) is 3.28. The van der Waals surface area contributed by atoms with Crippen LogP contribution >= 0.6 is 0 Å². The van der Waals surface area contributed by atoms with E-state index in [1.54, 1.807) is 6.92 Å². The van der Waals surface area contributed by atoms with Gasteiger partial charge >= 0.3 is 5.97 Å². The topological polar surface area (TPSA) is 37.3 Å². The van der Waals surface area contributed by atoms with Crippen molar-refractivity contribution < 1.29 is 9.90 Å². The Balaban J connectivity index is 3.82. The molecule has 0 aliphatic rings. The number of allylic oxidation sites excluding steroid dienone is 2. The number of carboxylic acids is 1. The Labute approximate surface area is 74.3 Å². The van der Waals surface area contributed by atoms with E-state index in [9.17, 15) is 4.79 Å². The largest absolute Gasteiger partial charge is 0.481 e. The number of hydrogen-bond acceptors (Lipinski definition) is 1. The Kier molecular flexibility index (Phi) is 5.43. The molecule has 0 aliphatic carbocycles. The highest BCUT2D eigenvalue weighted by Crippen LogP contribution is 2.11. The van der Waals surface area contributed by atoms with Crippen LogP contribution in [0.25, 0.3) is 0 Å². The molecular formula is C10H18O2. The van der Waals surface area contributed by atoms with Crippen molar-refractivity contribution >= 4 is 5.97 Å². The fourth-order valence-corrected chi connectivity index (χ4v) is 1.04. The molecular weight excluding hydrogens is 152 g/mol. The third kappa shape index (κ3) is 4.94. The lowest BCUT2D eigenvalue weighted by Crippen LogP contribution is -2.09. The Bertz CT molecular complexity index is 171. The molecule has 0 aliphatic heterocycles. The average Bonchev–Trinajstić information content (AvgIpc) is 2.00. The van der Waals surface area contributed by atoms with Gasteiger partial charge in [0.05, 0.1) is 5.92 Å². The first-order valence-corrected chi connectivity index (χ1v) is 4.46. The maximum atomic E-state index is 10.5. The summed E-state index contributed by atoms with van der Waals surface area (Å²) in [4.78, 5) is 10.5. The van der Waals surface area contributed by atoms with Crippen LogP contribution in [0.1, 0.15) is 40.0 Å². The van der Waals surface area contributed by atoms with Crippen LogP contribution in [-0.2, 0) is 4.79 Å². The van der Waals surface area contributed by atoms with Crippen LogP contribution in [0, 0.1) is 5.92 Å². The van der Waals surface area contributed by atoms with Gasteiger partial charge in [0.2, 0.25) is 0 Å². The summed E-state index contributed by atoms with van der Waals surface area (Å²) in [6.07, 6.45) is 4.98. The van der Waals surface area contributed by atoms with Crippen LogP contribution < -0.4 is 0 Å². The molecule has 0 aromatic heterocycles. The Morgan fingerprint density at radius 3 is 2.58 bits per heavy atom. The summed E-state index contributed by atoms with van der Waals surface area (Å²) in [5.41, 5.74) is 1.19. The van der Waals surface area contributed by atoms with Crippen molar-refractivity contribution in [2.45, 2.75) is 40.0 Å². The molecule has 0 amide bonds. The first kappa shape index (κ1) is 11.2. The minimum absolute atomic E-state index is 0.252. The summed E-state index contributed by atoms with van der Waals surface area (Å²) in [6, 6.07) is 0. The second-order valence-electron chi connectivity index (χ2n) is 3.28. The molecule has 70 valence electrons. The zero-order valence-corrected chi connectivity index (χ0v) is 8.13. The van der Waals surface area contributed by atoms with Gasteiger partial charge in [-0.3, -0.25) is 4.79 Å². The van der Waals surface area contributed by atoms with Crippen LogP contribution in [0.3, 0.4) is 0 Å². The van der Waals surface area contributed by atoms with Gasteiger partial charge in [0.25, 0.3) is 0 Å². The Morgan fingerprint density at radius 1 is 1.58 bits per heavy atom. The Hall–Kier alpha value is -0.790. The third-order valence-electron chi connectivity index (χ3n) is 1.83. The molecule has 1 atom stereocenters. The van der Waals surface area contributed by atoms with Crippen LogP contribution in [-0.4, -0.2) is 11.1 Å². The predicted molar refractivity (Wildman–Crippen MR) is 50.1 cm³/mol. The lowest BCUT2D eigenvalue weighted by atomic mass is 10.0. The van der Waals surface area contributed by atoms with E-state index >= 15 is 0 Å². The lowest BCUT2D eigenvalue weighted by Gasteiger charge is -2.05. The summed E-state index contributed by atoms with van der Waals surface area (Å²) >= 11 is 0. The monoisotopic (exact) mass is 170 g/mol. The average molecular weight is 170 g/mol. The Morgan fingerprint density at radius 2 is 2.17 bits per heavy atom. The highest BCUT2D eigenvalue weighted by atomic mass is 16.4. The van der Waals surface area contributed by atoms with E-state index in [1.807, 2.05) is 6.92 Å². The molecule has 0 saturated heterocycles. The van der Waals surface area contributed by atoms with Gasteiger partial charge in [0.1, 0.15) is 0 Å². The van der Waals surface area contributed by atoms with E-state index in [4.69, 9.17) is 5.11 Å². The summed E-state index contributed by atoms with van der Waals surface area (Å²) in [7, 11) is 0. The SMILES string of the molecule is CCCC=C(C)CC(C)C(=O)O. The zero-order valence-electron chi connectivity index (χ0n) is 8.13. The van der Waals surface area contributed by atoms with Crippen LogP contribution in [0.15, 0.2) is 11.6 Å². The molecule has 0 fully saturated rings. The van der Waals surface area contributed by atoms with Crippen LogP contribution in [0.2, 0.25) is 0 Å². The van der Waals surface area contributed by atoms with E-state index in [0.717, 1.165) is 12.8 Å². The molecule has 0 radical (unpaired) electrons. The molecule has 0 spiro atoms. The van der Waals surface area contributed by atoms with Gasteiger partial charge in [0.15, 0.2) is 0 Å². The van der Waals surface area contributed by atoms with Crippen LogP contribution in [0.5, 0.6) is 0 Å². The van der Waals surface area contributed by atoms with E-state index in [2.05, 4.69) is 13.0 Å². The number of carbonyl (C=O) groups is 1. The third-order valence-corrected chi connectivity index (χ3v) is 1.83. The molecule has 1 N–H and O–H groups in total. The number of carboxylic acid groups (broad SMARTS) is 1. The van der Waals surface area contributed by atoms with Crippen molar-refractivity contribution in [1.82, 2.24) is 0 Å². The fraction of sp³-hybridized carbons (Fsp3) is 0.700. The molecule has 0 saturated carbocycles. The van der Waals surface area contributed by atoms with Gasteiger partial charge in [-0.1, -0.05) is 31.9 Å². The smallest absolute Gasteiger partial charge is 0.306 e. The molecule has 0 heterocycles. The van der Waals surface area contributed by atoms with Gasteiger partial charge in [0, 0.05) is 0 Å². The summed E-state index contributed by atoms with van der Waals surface area (Å²) in [6.45, 7) is 5.85. The van der Waals surface area contributed by atoms with Crippen molar-refractivity contribution in [2.24, 2.45) is 5.92 Å². The normalized spacial score (nSPS) is 14.4. The van der Waals surface area contributed by atoms with Gasteiger partial charge in [-0.05, 0) is 19.8 Å². The first-order valence-electron chi connectivity index (χ1n) is 4.46. The van der Waals surface area contributed by atoms with Crippen molar-refractivity contribution in [1.29, 1.82) is 0 Å². The number of hydrogen-bond donors (Lipinski definition) is 1. The summed E-state index contributed by atoms with van der Waals surface area (Å²) < 4.78 is 0. The second kappa shape index (κ2) is 5.81. The van der Waals surface area contributed by atoms with E-state index in [-0.39, 0.29) is 5.92 Å². The number of unbranched alkanes of at least 4 members (excludes halogenated alkanes) is 1. The van der Waals surface area contributed by atoms with Crippen molar-refractivity contribution in [2.75, 3.05) is 0 Å². The molecule has 0 aromatic rings. The number of rotatable bonds is 5. The number of aliphatic carboxylic acids is 1. The van der Waals surface area contributed by atoms with E-state index in [1.165, 1.54) is 5.57 Å². The molecule has 12 heavy (non-hydrogen) atoms. The van der Waals surface area contributed by atoms with Crippen molar-refractivity contribution in [3.05, 3.63) is 11.6 Å². The predicted octanol–water partition coefficient (Wildman–Crippen LogP) is 2.84. The minimum Gasteiger partial charge on any atom is -0.481 e. The fourth-order valence-electron chi connectivity index (χ4n) is 1.04. The molecule has 1 unspecified atom stereocenters. The molecule has 0 bridgehead atoms. The lowest BCUT2D eigenvalue weighted by molar-refractivity contribution is -0.141. The molecule has 2 heteroatoms. The maximum Gasteiger partial charge on any atom is 0.306 e. The van der Waals surface area contributed by atoms with Gasteiger partial charge < -0.3 is 5.11 Å². The van der Waals surface area contributed by atoms with E-state index in [0.29, 0.717) is 6.42 Å². The minimum atomic E-state index is -0.709. The zero-order chi connectivity index (χ0) is 9.56. The quantitative estimate of drug-likeness (QED) is 0.644. The molecule has 0 rings (SSSR count). The highest BCUT2D eigenvalue weighted by Gasteiger charge is 2.10. The van der Waals surface area contributed by atoms with Crippen LogP contribution in [0.4, 0.5) is 0 Å².